The van der Waals surface area contributed by atoms with Gasteiger partial charge in [0.05, 0.1) is 17.6 Å². The summed E-state index contributed by atoms with van der Waals surface area (Å²) in [5.41, 5.74) is 4.32. The molecule has 4 rings (SSSR count). The quantitative estimate of drug-likeness (QED) is 0.418. The molecule has 0 aliphatic heterocycles. The SMILES string of the molecule is Brc1ccc(/C=N\c2nc3ccccc3n2Cc2ccccc2)cc1. The molecule has 0 bridgehead atoms. The molecule has 0 amide bonds. The molecule has 122 valence electrons. The minimum Gasteiger partial charge on any atom is -0.304 e. The van der Waals surface area contributed by atoms with Gasteiger partial charge in [-0.05, 0) is 35.4 Å². The van der Waals surface area contributed by atoms with E-state index in [0.29, 0.717) is 5.95 Å². The second kappa shape index (κ2) is 7.03. The molecule has 0 radical (unpaired) electrons. The van der Waals surface area contributed by atoms with E-state index in [4.69, 9.17) is 4.98 Å². The first kappa shape index (κ1) is 15.8. The lowest BCUT2D eigenvalue weighted by Crippen LogP contribution is -1.99. The van der Waals surface area contributed by atoms with Crippen LogP contribution in [0.3, 0.4) is 0 Å². The summed E-state index contributed by atoms with van der Waals surface area (Å²) in [6, 6.07) is 26.6. The van der Waals surface area contributed by atoms with Gasteiger partial charge in [-0.2, -0.15) is 0 Å². The molecule has 0 aliphatic carbocycles. The summed E-state index contributed by atoms with van der Waals surface area (Å²) in [4.78, 5) is 9.35. The van der Waals surface area contributed by atoms with Crippen LogP contribution >= 0.6 is 15.9 Å². The highest BCUT2D eigenvalue weighted by Gasteiger charge is 2.09. The van der Waals surface area contributed by atoms with Crippen molar-refractivity contribution in [2.24, 2.45) is 4.99 Å². The Morgan fingerprint density at radius 2 is 1.60 bits per heavy atom. The molecule has 25 heavy (non-hydrogen) atoms. The standard InChI is InChI=1S/C21H16BrN3/c22-18-12-10-16(11-13-18)14-23-21-24-19-8-4-5-9-20(19)25(21)15-17-6-2-1-3-7-17/h1-14H,15H2/b23-14-. The summed E-state index contributed by atoms with van der Waals surface area (Å²) in [6.45, 7) is 0.744. The maximum Gasteiger partial charge on any atom is 0.230 e. The van der Waals surface area contributed by atoms with Crippen LogP contribution < -0.4 is 0 Å². The van der Waals surface area contributed by atoms with Crippen LogP contribution in [0, 0.1) is 0 Å². The topological polar surface area (TPSA) is 30.2 Å². The molecule has 0 saturated carbocycles. The largest absolute Gasteiger partial charge is 0.304 e. The van der Waals surface area contributed by atoms with Crippen molar-refractivity contribution < 1.29 is 0 Å². The first-order valence-corrected chi connectivity index (χ1v) is 8.88. The monoisotopic (exact) mass is 389 g/mol. The molecule has 3 nitrogen and oxygen atoms in total. The minimum absolute atomic E-state index is 0.716. The van der Waals surface area contributed by atoms with Gasteiger partial charge in [-0.25, -0.2) is 9.98 Å². The third kappa shape index (κ3) is 3.54. The zero-order valence-corrected chi connectivity index (χ0v) is 15.1. The Kier molecular flexibility index (Phi) is 4.44. The fraction of sp³-hybridized carbons (Fsp3) is 0.0476. The molecule has 0 N–H and O–H groups in total. The third-order valence-corrected chi connectivity index (χ3v) is 4.55. The highest BCUT2D eigenvalue weighted by Crippen LogP contribution is 2.23. The minimum atomic E-state index is 0.716. The molecule has 0 unspecified atom stereocenters. The molecule has 4 heteroatoms. The molecule has 1 heterocycles. The number of imidazole rings is 1. The summed E-state index contributed by atoms with van der Waals surface area (Å²) in [6.07, 6.45) is 1.86. The number of hydrogen-bond donors (Lipinski definition) is 0. The number of benzene rings is 3. The number of hydrogen-bond acceptors (Lipinski definition) is 2. The summed E-state index contributed by atoms with van der Waals surface area (Å²) in [5.74, 6) is 0.716. The molecule has 1 aromatic heterocycles. The van der Waals surface area contributed by atoms with Crippen molar-refractivity contribution in [1.82, 2.24) is 9.55 Å². The summed E-state index contributed by atoms with van der Waals surface area (Å²) in [7, 11) is 0. The van der Waals surface area contributed by atoms with Gasteiger partial charge in [0, 0.05) is 10.7 Å². The first-order chi connectivity index (χ1) is 12.3. The molecular formula is C21H16BrN3. The van der Waals surface area contributed by atoms with Crippen LogP contribution in [-0.4, -0.2) is 15.8 Å². The van der Waals surface area contributed by atoms with Crippen LogP contribution in [-0.2, 0) is 6.54 Å². The Labute approximate surface area is 154 Å². The number of fused-ring (bicyclic) bond motifs is 1. The van der Waals surface area contributed by atoms with Crippen molar-refractivity contribution in [2.75, 3.05) is 0 Å². The lowest BCUT2D eigenvalue weighted by molar-refractivity contribution is 0.827. The van der Waals surface area contributed by atoms with E-state index in [1.54, 1.807) is 0 Å². The molecule has 0 atom stereocenters. The van der Waals surface area contributed by atoms with Gasteiger partial charge in [0.15, 0.2) is 0 Å². The second-order valence-corrected chi connectivity index (χ2v) is 6.70. The number of nitrogens with zero attached hydrogens (tertiary/aromatic N) is 3. The number of halogens is 1. The number of aromatic nitrogens is 2. The fourth-order valence-electron chi connectivity index (χ4n) is 2.76. The highest BCUT2D eigenvalue weighted by molar-refractivity contribution is 9.10. The molecule has 0 fully saturated rings. The van der Waals surface area contributed by atoms with Crippen LogP contribution in [0.1, 0.15) is 11.1 Å². The van der Waals surface area contributed by atoms with Crippen LogP contribution in [0.15, 0.2) is 88.3 Å². The maximum atomic E-state index is 4.70. The van der Waals surface area contributed by atoms with Crippen molar-refractivity contribution >= 4 is 39.1 Å². The summed E-state index contributed by atoms with van der Waals surface area (Å²) in [5, 5.41) is 0. The van der Waals surface area contributed by atoms with Gasteiger partial charge < -0.3 is 4.57 Å². The van der Waals surface area contributed by atoms with Gasteiger partial charge in [0.25, 0.3) is 0 Å². The molecule has 0 spiro atoms. The van der Waals surface area contributed by atoms with Crippen LogP contribution in [0.4, 0.5) is 5.95 Å². The number of para-hydroxylation sites is 2. The van der Waals surface area contributed by atoms with Crippen molar-refractivity contribution in [3.8, 4) is 0 Å². The molecule has 3 aromatic carbocycles. The Hall–Kier alpha value is -2.72. The van der Waals surface area contributed by atoms with Crippen molar-refractivity contribution in [2.45, 2.75) is 6.54 Å². The van der Waals surface area contributed by atoms with E-state index >= 15 is 0 Å². The van der Waals surface area contributed by atoms with E-state index < -0.39 is 0 Å². The molecule has 0 aliphatic rings. The summed E-state index contributed by atoms with van der Waals surface area (Å²) >= 11 is 3.45. The Balaban J connectivity index is 1.74. The highest BCUT2D eigenvalue weighted by atomic mass is 79.9. The van der Waals surface area contributed by atoms with Crippen molar-refractivity contribution in [3.63, 3.8) is 0 Å². The fourth-order valence-corrected chi connectivity index (χ4v) is 3.03. The van der Waals surface area contributed by atoms with Crippen LogP contribution in [0.25, 0.3) is 11.0 Å². The number of aliphatic imine (C=N–C) groups is 1. The lowest BCUT2D eigenvalue weighted by atomic mass is 10.2. The van der Waals surface area contributed by atoms with Crippen LogP contribution in [0.2, 0.25) is 0 Å². The molecular weight excluding hydrogens is 374 g/mol. The van der Waals surface area contributed by atoms with Gasteiger partial charge in [-0.15, -0.1) is 0 Å². The lowest BCUT2D eigenvalue weighted by Gasteiger charge is -2.06. The summed E-state index contributed by atoms with van der Waals surface area (Å²) < 4.78 is 3.21. The van der Waals surface area contributed by atoms with Crippen molar-refractivity contribution in [1.29, 1.82) is 0 Å². The zero-order valence-electron chi connectivity index (χ0n) is 13.5. The second-order valence-electron chi connectivity index (χ2n) is 5.78. The molecule has 4 aromatic rings. The third-order valence-electron chi connectivity index (χ3n) is 4.02. The number of rotatable bonds is 4. The Morgan fingerprint density at radius 3 is 2.40 bits per heavy atom. The van der Waals surface area contributed by atoms with Gasteiger partial charge in [-0.1, -0.05) is 70.5 Å². The van der Waals surface area contributed by atoms with E-state index in [1.165, 1.54) is 5.56 Å². The predicted molar refractivity (Wildman–Crippen MR) is 107 cm³/mol. The van der Waals surface area contributed by atoms with Gasteiger partial charge in [-0.3, -0.25) is 0 Å². The average molecular weight is 390 g/mol. The van der Waals surface area contributed by atoms with E-state index in [9.17, 15) is 0 Å². The smallest absolute Gasteiger partial charge is 0.230 e. The molecule has 0 saturated heterocycles. The van der Waals surface area contributed by atoms with Gasteiger partial charge in [0.2, 0.25) is 5.95 Å². The van der Waals surface area contributed by atoms with Gasteiger partial charge >= 0.3 is 0 Å². The Morgan fingerprint density at radius 1 is 0.880 bits per heavy atom. The van der Waals surface area contributed by atoms with Crippen LogP contribution in [0.5, 0.6) is 0 Å². The van der Waals surface area contributed by atoms with E-state index in [2.05, 4.69) is 55.8 Å². The average Bonchev–Trinajstić information content (AvgIpc) is 3.00. The normalized spacial score (nSPS) is 11.4. The maximum absolute atomic E-state index is 4.70. The van der Waals surface area contributed by atoms with E-state index in [1.807, 2.05) is 54.7 Å². The predicted octanol–water partition coefficient (Wildman–Crippen LogP) is 5.60. The first-order valence-electron chi connectivity index (χ1n) is 8.08. The van der Waals surface area contributed by atoms with E-state index in [0.717, 1.165) is 27.6 Å². The zero-order chi connectivity index (χ0) is 17.1. The Bertz CT molecular complexity index is 1020. The van der Waals surface area contributed by atoms with Crippen molar-refractivity contribution in [3.05, 3.63) is 94.5 Å². The van der Waals surface area contributed by atoms with Gasteiger partial charge in [0.1, 0.15) is 0 Å². The van der Waals surface area contributed by atoms with E-state index in [-0.39, 0.29) is 0 Å².